The minimum Gasteiger partial charge on any atom is -0.325 e. The van der Waals surface area contributed by atoms with E-state index in [1.54, 1.807) is 18.3 Å². The Labute approximate surface area is 107 Å². The smallest absolute Gasteiger partial charge is 0.167 e. The summed E-state index contributed by atoms with van der Waals surface area (Å²) >= 11 is 0. The van der Waals surface area contributed by atoms with E-state index in [2.05, 4.69) is 4.98 Å². The van der Waals surface area contributed by atoms with Crippen LogP contribution in [0.3, 0.4) is 0 Å². The summed E-state index contributed by atoms with van der Waals surface area (Å²) in [5.41, 5.74) is 9.15. The third-order valence-electron chi connectivity index (χ3n) is 2.83. The number of nitrogens with two attached hydrogens (primary N) is 1. The molecule has 0 fully saturated rings. The standard InChI is InChI=1S/C15H16N2O/c1-11-2-4-12(5-3-11)8-15(18)13-6-7-17-14(9-13)10-16/h2-7,9H,8,10,16H2,1H3. The molecule has 3 heteroatoms. The molecule has 0 amide bonds. The fourth-order valence-electron chi connectivity index (χ4n) is 1.76. The zero-order valence-electron chi connectivity index (χ0n) is 10.4. The maximum Gasteiger partial charge on any atom is 0.167 e. The first-order valence-electron chi connectivity index (χ1n) is 5.93. The molecule has 0 aliphatic rings. The summed E-state index contributed by atoms with van der Waals surface area (Å²) in [5.74, 6) is 0.0935. The second kappa shape index (κ2) is 5.56. The summed E-state index contributed by atoms with van der Waals surface area (Å²) in [6, 6.07) is 11.5. The van der Waals surface area contributed by atoms with Gasteiger partial charge in [-0.05, 0) is 24.6 Å². The van der Waals surface area contributed by atoms with Gasteiger partial charge in [-0.15, -0.1) is 0 Å². The third-order valence-corrected chi connectivity index (χ3v) is 2.83. The minimum absolute atomic E-state index is 0.0935. The van der Waals surface area contributed by atoms with Crippen LogP contribution in [-0.2, 0) is 13.0 Å². The highest BCUT2D eigenvalue weighted by Gasteiger charge is 2.07. The normalized spacial score (nSPS) is 10.3. The summed E-state index contributed by atoms with van der Waals surface area (Å²) < 4.78 is 0. The number of rotatable bonds is 4. The fraction of sp³-hybridized carbons (Fsp3) is 0.200. The van der Waals surface area contributed by atoms with Crippen molar-refractivity contribution in [3.63, 3.8) is 0 Å². The van der Waals surface area contributed by atoms with Gasteiger partial charge in [-0.2, -0.15) is 0 Å². The van der Waals surface area contributed by atoms with E-state index in [0.717, 1.165) is 11.3 Å². The maximum atomic E-state index is 12.1. The molecule has 18 heavy (non-hydrogen) atoms. The van der Waals surface area contributed by atoms with Crippen LogP contribution in [0.15, 0.2) is 42.6 Å². The second-order valence-corrected chi connectivity index (χ2v) is 4.33. The Bertz CT molecular complexity index is 547. The van der Waals surface area contributed by atoms with Gasteiger partial charge in [0.2, 0.25) is 0 Å². The molecule has 2 aromatic rings. The number of benzene rings is 1. The molecule has 92 valence electrons. The van der Waals surface area contributed by atoms with Crippen molar-refractivity contribution in [1.29, 1.82) is 0 Å². The summed E-state index contributed by atoms with van der Waals surface area (Å²) in [5, 5.41) is 0. The van der Waals surface area contributed by atoms with Crippen molar-refractivity contribution in [1.82, 2.24) is 4.98 Å². The van der Waals surface area contributed by atoms with Crippen LogP contribution in [0.25, 0.3) is 0 Å². The summed E-state index contributed by atoms with van der Waals surface area (Å²) in [6.07, 6.45) is 2.04. The highest BCUT2D eigenvalue weighted by molar-refractivity contribution is 5.97. The minimum atomic E-state index is 0.0935. The number of carbonyl (C=O) groups excluding carboxylic acids is 1. The van der Waals surface area contributed by atoms with Crippen LogP contribution in [-0.4, -0.2) is 10.8 Å². The summed E-state index contributed by atoms with van der Waals surface area (Å²) in [7, 11) is 0. The Hall–Kier alpha value is -2.00. The van der Waals surface area contributed by atoms with Gasteiger partial charge in [0.25, 0.3) is 0 Å². The van der Waals surface area contributed by atoms with Crippen LogP contribution in [0.2, 0.25) is 0 Å². The van der Waals surface area contributed by atoms with Gasteiger partial charge in [0.1, 0.15) is 0 Å². The highest BCUT2D eigenvalue weighted by atomic mass is 16.1. The molecule has 0 spiro atoms. The van der Waals surface area contributed by atoms with Gasteiger partial charge in [0, 0.05) is 24.7 Å². The zero-order chi connectivity index (χ0) is 13.0. The average Bonchev–Trinajstić information content (AvgIpc) is 2.41. The molecule has 0 atom stereocenters. The molecule has 0 aliphatic carbocycles. The van der Waals surface area contributed by atoms with Crippen LogP contribution >= 0.6 is 0 Å². The van der Waals surface area contributed by atoms with Crippen LogP contribution in [0.4, 0.5) is 0 Å². The molecule has 0 unspecified atom stereocenters. The van der Waals surface area contributed by atoms with Crippen LogP contribution in [0, 0.1) is 6.92 Å². The van der Waals surface area contributed by atoms with Crippen LogP contribution in [0.1, 0.15) is 27.2 Å². The van der Waals surface area contributed by atoms with Gasteiger partial charge in [0.15, 0.2) is 5.78 Å². The number of nitrogens with zero attached hydrogens (tertiary/aromatic N) is 1. The van der Waals surface area contributed by atoms with Crippen molar-refractivity contribution in [2.75, 3.05) is 0 Å². The maximum absolute atomic E-state index is 12.1. The van der Waals surface area contributed by atoms with Crippen molar-refractivity contribution < 1.29 is 4.79 Å². The fourth-order valence-corrected chi connectivity index (χ4v) is 1.76. The largest absolute Gasteiger partial charge is 0.325 e. The molecule has 0 saturated carbocycles. The van der Waals surface area contributed by atoms with E-state index < -0.39 is 0 Å². The molecule has 0 aliphatic heterocycles. The Balaban J connectivity index is 2.14. The number of aryl methyl sites for hydroxylation is 1. The molecule has 0 bridgehead atoms. The van der Waals surface area contributed by atoms with Gasteiger partial charge < -0.3 is 5.73 Å². The van der Waals surface area contributed by atoms with Crippen molar-refractivity contribution in [3.05, 3.63) is 65.0 Å². The summed E-state index contributed by atoms with van der Waals surface area (Å²) in [6.45, 7) is 2.38. The van der Waals surface area contributed by atoms with E-state index >= 15 is 0 Å². The molecule has 1 aromatic carbocycles. The molecule has 1 aromatic heterocycles. The molecule has 2 N–H and O–H groups in total. The van der Waals surface area contributed by atoms with E-state index in [9.17, 15) is 4.79 Å². The zero-order valence-corrected chi connectivity index (χ0v) is 10.4. The molecule has 3 nitrogen and oxygen atoms in total. The van der Waals surface area contributed by atoms with Gasteiger partial charge in [-0.1, -0.05) is 29.8 Å². The van der Waals surface area contributed by atoms with E-state index in [1.807, 2.05) is 31.2 Å². The molecular formula is C15H16N2O. The number of hydrogen-bond donors (Lipinski definition) is 1. The molecule has 0 radical (unpaired) electrons. The molecule has 0 saturated heterocycles. The molecule has 1 heterocycles. The SMILES string of the molecule is Cc1ccc(CC(=O)c2ccnc(CN)c2)cc1. The number of hydrogen-bond acceptors (Lipinski definition) is 3. The van der Waals surface area contributed by atoms with Crippen LogP contribution < -0.4 is 5.73 Å². The molecule has 2 rings (SSSR count). The number of Topliss-reactive ketones (excluding diaryl/α,β-unsaturated/α-hetero) is 1. The first-order valence-corrected chi connectivity index (χ1v) is 5.93. The van der Waals surface area contributed by atoms with Crippen molar-refractivity contribution in [2.45, 2.75) is 19.9 Å². The summed E-state index contributed by atoms with van der Waals surface area (Å²) in [4.78, 5) is 16.2. The lowest BCUT2D eigenvalue weighted by Crippen LogP contribution is -2.06. The predicted octanol–water partition coefficient (Wildman–Crippen LogP) is 2.27. The highest BCUT2D eigenvalue weighted by Crippen LogP contribution is 2.09. The lowest BCUT2D eigenvalue weighted by Gasteiger charge is -2.03. The lowest BCUT2D eigenvalue weighted by molar-refractivity contribution is 0.0992. The topological polar surface area (TPSA) is 56.0 Å². The first-order chi connectivity index (χ1) is 8.69. The van der Waals surface area contributed by atoms with E-state index in [4.69, 9.17) is 5.73 Å². The number of aromatic nitrogens is 1. The Morgan fingerprint density at radius 3 is 2.61 bits per heavy atom. The molecular weight excluding hydrogens is 224 g/mol. The Morgan fingerprint density at radius 2 is 1.94 bits per heavy atom. The monoisotopic (exact) mass is 240 g/mol. The van der Waals surface area contributed by atoms with E-state index in [1.165, 1.54) is 5.56 Å². The van der Waals surface area contributed by atoms with Gasteiger partial charge in [-0.25, -0.2) is 0 Å². The first kappa shape index (κ1) is 12.5. The van der Waals surface area contributed by atoms with E-state index in [-0.39, 0.29) is 5.78 Å². The average molecular weight is 240 g/mol. The van der Waals surface area contributed by atoms with Crippen molar-refractivity contribution in [2.24, 2.45) is 5.73 Å². The van der Waals surface area contributed by atoms with Crippen molar-refractivity contribution in [3.8, 4) is 0 Å². The second-order valence-electron chi connectivity index (χ2n) is 4.33. The quantitative estimate of drug-likeness (QED) is 0.834. The van der Waals surface area contributed by atoms with Crippen molar-refractivity contribution >= 4 is 5.78 Å². The van der Waals surface area contributed by atoms with Crippen LogP contribution in [0.5, 0.6) is 0 Å². The van der Waals surface area contributed by atoms with Gasteiger partial charge in [-0.3, -0.25) is 9.78 Å². The third kappa shape index (κ3) is 3.02. The Kier molecular flexibility index (Phi) is 3.85. The van der Waals surface area contributed by atoms with Gasteiger partial charge >= 0.3 is 0 Å². The predicted molar refractivity (Wildman–Crippen MR) is 71.3 cm³/mol. The lowest BCUT2D eigenvalue weighted by atomic mass is 10.0. The number of pyridine rings is 1. The number of carbonyl (C=O) groups is 1. The number of ketones is 1. The van der Waals surface area contributed by atoms with E-state index in [0.29, 0.717) is 18.5 Å². The van der Waals surface area contributed by atoms with Gasteiger partial charge in [0.05, 0.1) is 5.69 Å². The Morgan fingerprint density at radius 1 is 1.22 bits per heavy atom.